The molecule has 3 aromatic heterocycles. The molecule has 0 saturated heterocycles. The van der Waals surface area contributed by atoms with Crippen molar-refractivity contribution in [1.82, 2.24) is 29.9 Å². The van der Waals surface area contributed by atoms with Crippen molar-refractivity contribution in [3.63, 3.8) is 0 Å². The van der Waals surface area contributed by atoms with E-state index in [0.29, 0.717) is 23.9 Å². The minimum Gasteiger partial charge on any atom is -0.351 e. The first-order valence-corrected chi connectivity index (χ1v) is 11.6. The van der Waals surface area contributed by atoms with Crippen LogP contribution in [0, 0.1) is 0 Å². The zero-order valence-electron chi connectivity index (χ0n) is 18.0. The minimum atomic E-state index is -0.317. The van der Waals surface area contributed by atoms with Crippen LogP contribution in [0.25, 0.3) is 27.9 Å². The molecule has 3 heterocycles. The summed E-state index contributed by atoms with van der Waals surface area (Å²) in [5.41, 5.74) is 3.45. The Hall–Kier alpha value is -3.78. The van der Waals surface area contributed by atoms with Gasteiger partial charge in [0, 0.05) is 29.9 Å². The average molecular weight is 455 g/mol. The number of carbonyl (C=O) groups excluding carboxylic acids is 1. The van der Waals surface area contributed by atoms with Gasteiger partial charge in [-0.3, -0.25) is 9.78 Å². The molecule has 5 aromatic rings. The van der Waals surface area contributed by atoms with Gasteiger partial charge in [-0.15, -0.1) is 5.10 Å². The summed E-state index contributed by atoms with van der Waals surface area (Å²) in [4.78, 5) is 26.7. The number of carbonyl (C=O) groups is 1. The van der Waals surface area contributed by atoms with Gasteiger partial charge in [-0.1, -0.05) is 67.2 Å². The van der Waals surface area contributed by atoms with Gasteiger partial charge in [-0.25, -0.2) is 9.97 Å². The lowest BCUT2D eigenvalue weighted by molar-refractivity contribution is -0.120. The second kappa shape index (κ2) is 9.38. The van der Waals surface area contributed by atoms with Gasteiger partial charge >= 0.3 is 0 Å². The topological polar surface area (TPSA) is 85.1 Å². The van der Waals surface area contributed by atoms with Gasteiger partial charge in [0.2, 0.25) is 5.91 Å². The van der Waals surface area contributed by atoms with Crippen LogP contribution < -0.4 is 5.32 Å². The van der Waals surface area contributed by atoms with Gasteiger partial charge in [0.15, 0.2) is 16.6 Å². The summed E-state index contributed by atoms with van der Waals surface area (Å²) in [5, 5.41) is 9.01. The second-order valence-corrected chi connectivity index (χ2v) is 8.71. The van der Waals surface area contributed by atoms with Crippen LogP contribution >= 0.6 is 11.8 Å². The molecule has 0 aliphatic heterocycles. The zero-order valence-corrected chi connectivity index (χ0v) is 18.9. The van der Waals surface area contributed by atoms with Crippen molar-refractivity contribution in [2.45, 2.75) is 30.3 Å². The van der Waals surface area contributed by atoms with Gasteiger partial charge in [-0.05, 0) is 30.2 Å². The summed E-state index contributed by atoms with van der Waals surface area (Å²) in [6.07, 6.45) is 4.12. The molecule has 0 spiro atoms. The number of nitrogens with one attached hydrogen (secondary N) is 1. The first-order valence-electron chi connectivity index (χ1n) is 10.8. The number of pyridine rings is 1. The molecular formula is C25H22N6OS. The molecule has 0 fully saturated rings. The molecule has 0 saturated carbocycles. The molecule has 0 bridgehead atoms. The van der Waals surface area contributed by atoms with E-state index in [4.69, 9.17) is 15.1 Å². The van der Waals surface area contributed by atoms with Crippen LogP contribution in [-0.2, 0) is 11.3 Å². The summed E-state index contributed by atoms with van der Waals surface area (Å²) in [6, 6.07) is 21.5. The van der Waals surface area contributed by atoms with Gasteiger partial charge in [0.25, 0.3) is 0 Å². The molecule has 7 nitrogen and oxygen atoms in total. The van der Waals surface area contributed by atoms with E-state index in [1.807, 2.05) is 73.7 Å². The summed E-state index contributed by atoms with van der Waals surface area (Å²) in [5.74, 6) is 0.586. The first kappa shape index (κ1) is 21.1. The van der Waals surface area contributed by atoms with Crippen molar-refractivity contribution in [2.75, 3.05) is 0 Å². The lowest BCUT2D eigenvalue weighted by Gasteiger charge is -2.15. The Kier molecular flexibility index (Phi) is 5.99. The van der Waals surface area contributed by atoms with Gasteiger partial charge in [0.1, 0.15) is 0 Å². The summed E-state index contributed by atoms with van der Waals surface area (Å²) >= 11 is 1.41. The number of aromatic nitrogens is 5. The van der Waals surface area contributed by atoms with E-state index in [1.165, 1.54) is 11.8 Å². The standard InChI is InChI=1S/C25H22N6OS/c1-2-21(24(32)27-16-17-9-8-14-26-15-17)33-25-28-20-13-7-6-12-19(20)23-29-22(30-31(23)25)18-10-4-3-5-11-18/h3-15,21H,2,16H2,1H3,(H,27,32). The Morgan fingerprint density at radius 2 is 1.85 bits per heavy atom. The highest BCUT2D eigenvalue weighted by atomic mass is 32.2. The summed E-state index contributed by atoms with van der Waals surface area (Å²) < 4.78 is 1.76. The molecule has 2 aromatic carbocycles. The second-order valence-electron chi connectivity index (χ2n) is 7.54. The normalized spacial score (nSPS) is 12.2. The Morgan fingerprint density at radius 1 is 1.03 bits per heavy atom. The fraction of sp³-hybridized carbons (Fsp3) is 0.160. The quantitative estimate of drug-likeness (QED) is 0.287. The Morgan fingerprint density at radius 3 is 2.64 bits per heavy atom. The SMILES string of the molecule is CCC(Sc1nc2ccccc2c2nc(-c3ccccc3)nn12)C(=O)NCc1cccnc1. The molecule has 164 valence electrons. The Balaban J connectivity index is 1.49. The number of amides is 1. The molecule has 1 amide bonds. The number of para-hydroxylation sites is 1. The monoisotopic (exact) mass is 454 g/mol. The first-order chi connectivity index (χ1) is 16.2. The van der Waals surface area contributed by atoms with Crippen LogP contribution in [0.4, 0.5) is 0 Å². The molecule has 0 aliphatic rings. The van der Waals surface area contributed by atoms with Crippen molar-refractivity contribution in [3.05, 3.63) is 84.7 Å². The van der Waals surface area contributed by atoms with E-state index < -0.39 is 0 Å². The van der Waals surface area contributed by atoms with Crippen LogP contribution in [-0.4, -0.2) is 35.7 Å². The van der Waals surface area contributed by atoms with Crippen LogP contribution in [0.1, 0.15) is 18.9 Å². The highest BCUT2D eigenvalue weighted by Gasteiger charge is 2.22. The van der Waals surface area contributed by atoms with Crippen molar-refractivity contribution >= 4 is 34.2 Å². The van der Waals surface area contributed by atoms with Gasteiger partial charge in [-0.2, -0.15) is 4.52 Å². The van der Waals surface area contributed by atoms with Gasteiger partial charge in [0.05, 0.1) is 10.8 Å². The number of rotatable bonds is 7. The third-order valence-electron chi connectivity index (χ3n) is 5.28. The molecular weight excluding hydrogens is 432 g/mol. The highest BCUT2D eigenvalue weighted by Crippen LogP contribution is 2.29. The summed E-state index contributed by atoms with van der Waals surface area (Å²) in [6.45, 7) is 2.43. The van der Waals surface area contributed by atoms with Crippen LogP contribution in [0.15, 0.2) is 84.3 Å². The van der Waals surface area contributed by atoms with E-state index in [0.717, 1.165) is 27.7 Å². The molecule has 1 N–H and O–H groups in total. The predicted octanol–water partition coefficient (Wildman–Crippen LogP) is 4.53. The van der Waals surface area contributed by atoms with Crippen molar-refractivity contribution in [3.8, 4) is 11.4 Å². The number of hydrogen-bond acceptors (Lipinski definition) is 6. The highest BCUT2D eigenvalue weighted by molar-refractivity contribution is 8.00. The fourth-order valence-corrected chi connectivity index (χ4v) is 4.56. The molecule has 1 unspecified atom stereocenters. The fourth-order valence-electron chi connectivity index (χ4n) is 3.57. The third-order valence-corrected chi connectivity index (χ3v) is 6.59. The number of fused-ring (bicyclic) bond motifs is 3. The van der Waals surface area contributed by atoms with Crippen LogP contribution in [0.5, 0.6) is 0 Å². The Bertz CT molecular complexity index is 1400. The molecule has 5 rings (SSSR count). The number of nitrogens with zero attached hydrogens (tertiary/aromatic N) is 5. The number of hydrogen-bond donors (Lipinski definition) is 1. The molecule has 0 aliphatic carbocycles. The number of thioether (sulfide) groups is 1. The maximum Gasteiger partial charge on any atom is 0.233 e. The van der Waals surface area contributed by atoms with E-state index in [9.17, 15) is 4.79 Å². The predicted molar refractivity (Wildman–Crippen MR) is 130 cm³/mol. The lowest BCUT2D eigenvalue weighted by atomic mass is 10.2. The largest absolute Gasteiger partial charge is 0.351 e. The lowest BCUT2D eigenvalue weighted by Crippen LogP contribution is -2.32. The molecule has 1 atom stereocenters. The van der Waals surface area contributed by atoms with E-state index in [1.54, 1.807) is 16.9 Å². The van der Waals surface area contributed by atoms with Crippen LogP contribution in [0.2, 0.25) is 0 Å². The maximum atomic E-state index is 13.0. The third kappa shape index (κ3) is 4.42. The van der Waals surface area contributed by atoms with E-state index in [2.05, 4.69) is 10.3 Å². The minimum absolute atomic E-state index is 0.0436. The molecule has 0 radical (unpaired) electrons. The summed E-state index contributed by atoms with van der Waals surface area (Å²) in [7, 11) is 0. The Labute approximate surface area is 195 Å². The maximum absolute atomic E-state index is 13.0. The van der Waals surface area contributed by atoms with E-state index >= 15 is 0 Å². The van der Waals surface area contributed by atoms with Crippen molar-refractivity contribution in [1.29, 1.82) is 0 Å². The van der Waals surface area contributed by atoms with Crippen LogP contribution in [0.3, 0.4) is 0 Å². The molecule has 33 heavy (non-hydrogen) atoms. The molecule has 8 heteroatoms. The number of benzene rings is 2. The zero-order chi connectivity index (χ0) is 22.6. The van der Waals surface area contributed by atoms with Crippen molar-refractivity contribution < 1.29 is 4.79 Å². The average Bonchev–Trinajstić information content (AvgIpc) is 3.33. The van der Waals surface area contributed by atoms with Crippen molar-refractivity contribution in [2.24, 2.45) is 0 Å². The van der Waals surface area contributed by atoms with E-state index in [-0.39, 0.29) is 11.2 Å². The van der Waals surface area contributed by atoms with Gasteiger partial charge < -0.3 is 5.32 Å². The smallest absolute Gasteiger partial charge is 0.233 e.